The third-order valence-electron chi connectivity index (χ3n) is 1.54. The fourth-order valence-electron chi connectivity index (χ4n) is 1.10. The lowest BCUT2D eigenvalue weighted by Crippen LogP contribution is -2.42. The Morgan fingerprint density at radius 1 is 1.42 bits per heavy atom. The molecule has 0 aromatic rings. The smallest absolute Gasteiger partial charge is 0.303 e. The molecule has 0 fully saturated rings. The molecule has 0 N–H and O–H groups in total. The van der Waals surface area contributed by atoms with Gasteiger partial charge < -0.3 is 9.22 Å². The van der Waals surface area contributed by atoms with Gasteiger partial charge in [0, 0.05) is 6.92 Å². The molecule has 0 aromatic heterocycles. The Labute approximate surface area is 74.9 Å². The van der Waals surface area contributed by atoms with E-state index in [-0.39, 0.29) is 12.1 Å². The van der Waals surface area contributed by atoms with Crippen molar-refractivity contribution in [1.29, 1.82) is 0 Å². The molecule has 0 spiro atoms. The van der Waals surface area contributed by atoms with Gasteiger partial charge in [0.2, 0.25) is 0 Å². The molecule has 72 valence electrons. The number of carbonyl (C=O) groups excluding carboxylic acids is 1. The van der Waals surface area contributed by atoms with Crippen LogP contribution in [0.5, 0.6) is 0 Å². The van der Waals surface area contributed by atoms with Crippen LogP contribution >= 0.6 is 0 Å². The van der Waals surface area contributed by atoms with Crippen LogP contribution in [0.3, 0.4) is 0 Å². The summed E-state index contributed by atoms with van der Waals surface area (Å²) in [5, 5.41) is 0. The van der Waals surface area contributed by atoms with Crippen LogP contribution in [0.15, 0.2) is 0 Å². The molecule has 0 saturated heterocycles. The molecule has 0 amide bonds. The molecule has 3 heteroatoms. The average Bonchev–Trinajstić information content (AvgIpc) is 1.82. The van der Waals surface area contributed by atoms with E-state index in [9.17, 15) is 4.79 Å². The molecule has 12 heavy (non-hydrogen) atoms. The van der Waals surface area contributed by atoms with Crippen LogP contribution in [0.25, 0.3) is 0 Å². The number of hydrogen-bond donors (Lipinski definition) is 0. The zero-order chi connectivity index (χ0) is 9.78. The first-order valence-electron chi connectivity index (χ1n) is 4.33. The second-order valence-electron chi connectivity index (χ2n) is 4.11. The minimum absolute atomic E-state index is 0.0579. The summed E-state index contributed by atoms with van der Waals surface area (Å²) in [4.78, 5) is 10.7. The first-order valence-corrected chi connectivity index (χ1v) is 4.33. The highest BCUT2D eigenvalue weighted by Gasteiger charge is 2.18. The normalized spacial score (nSPS) is 14.1. The summed E-state index contributed by atoms with van der Waals surface area (Å²) in [5.74, 6) is -0.185. The number of quaternary nitrogens is 1. The summed E-state index contributed by atoms with van der Waals surface area (Å²) >= 11 is 0. The number of ether oxygens (including phenoxy) is 1. The number of esters is 1. The van der Waals surface area contributed by atoms with Gasteiger partial charge in [-0.15, -0.1) is 0 Å². The summed E-state index contributed by atoms with van der Waals surface area (Å²) in [6.07, 6.45) is 0.942. The van der Waals surface area contributed by atoms with Crippen molar-refractivity contribution in [3.8, 4) is 0 Å². The third-order valence-corrected chi connectivity index (χ3v) is 1.54. The molecular formula is C9H20NO2+. The van der Waals surface area contributed by atoms with Gasteiger partial charge in [0.05, 0.1) is 21.1 Å². The van der Waals surface area contributed by atoms with E-state index in [0.29, 0.717) is 0 Å². The minimum Gasteiger partial charge on any atom is -0.457 e. The monoisotopic (exact) mass is 174 g/mol. The van der Waals surface area contributed by atoms with Crippen LogP contribution < -0.4 is 0 Å². The zero-order valence-corrected chi connectivity index (χ0v) is 8.76. The number of likely N-dealkylation sites (N-methyl/N-ethyl adjacent to an activating group) is 1. The summed E-state index contributed by atoms with van der Waals surface area (Å²) in [7, 11) is 6.27. The first-order chi connectivity index (χ1) is 5.35. The first kappa shape index (κ1) is 11.4. The summed E-state index contributed by atoms with van der Waals surface area (Å²) in [6, 6.07) is 0. The maximum atomic E-state index is 10.7. The van der Waals surface area contributed by atoms with Crippen molar-refractivity contribution >= 4 is 5.97 Å². The van der Waals surface area contributed by atoms with E-state index < -0.39 is 0 Å². The van der Waals surface area contributed by atoms with Crippen molar-refractivity contribution in [2.75, 3.05) is 27.7 Å². The van der Waals surface area contributed by atoms with Crippen LogP contribution in [-0.2, 0) is 9.53 Å². The Bertz CT molecular complexity index is 149. The van der Waals surface area contributed by atoms with Crippen LogP contribution in [0, 0.1) is 0 Å². The molecule has 0 saturated carbocycles. The number of carbonyl (C=O) groups is 1. The Morgan fingerprint density at radius 2 is 1.92 bits per heavy atom. The largest absolute Gasteiger partial charge is 0.457 e. The van der Waals surface area contributed by atoms with E-state index in [1.54, 1.807) is 0 Å². The Balaban J connectivity index is 3.92. The lowest BCUT2D eigenvalue weighted by Gasteiger charge is -2.28. The highest BCUT2D eigenvalue weighted by atomic mass is 16.5. The highest BCUT2D eigenvalue weighted by Crippen LogP contribution is 2.03. The summed E-state index contributed by atoms with van der Waals surface area (Å²) in [5.41, 5.74) is 0. The Morgan fingerprint density at radius 3 is 2.17 bits per heavy atom. The lowest BCUT2D eigenvalue weighted by atomic mass is 10.2. The fourth-order valence-corrected chi connectivity index (χ4v) is 1.10. The standard InChI is InChI=1S/C9H20NO2/c1-6-9(12-8(2)11)7-10(3,4)5/h9H,6-7H2,1-5H3/q+1. The molecule has 0 aliphatic carbocycles. The fraction of sp³-hybridized carbons (Fsp3) is 0.889. The quantitative estimate of drug-likeness (QED) is 0.470. The molecular weight excluding hydrogens is 154 g/mol. The van der Waals surface area contributed by atoms with Gasteiger partial charge in [-0.1, -0.05) is 6.92 Å². The van der Waals surface area contributed by atoms with Crippen molar-refractivity contribution in [1.82, 2.24) is 0 Å². The maximum Gasteiger partial charge on any atom is 0.303 e. The summed E-state index contributed by atoms with van der Waals surface area (Å²) in [6.45, 7) is 4.36. The molecule has 0 rings (SSSR count). The average molecular weight is 174 g/mol. The van der Waals surface area contributed by atoms with Crippen molar-refractivity contribution in [3.63, 3.8) is 0 Å². The van der Waals surface area contributed by atoms with Gasteiger partial charge in [0.25, 0.3) is 0 Å². The molecule has 0 aliphatic rings. The van der Waals surface area contributed by atoms with E-state index in [1.165, 1.54) is 6.92 Å². The van der Waals surface area contributed by atoms with Gasteiger partial charge in [-0.05, 0) is 6.42 Å². The molecule has 0 aliphatic heterocycles. The number of hydrogen-bond acceptors (Lipinski definition) is 2. The molecule has 1 unspecified atom stereocenters. The third kappa shape index (κ3) is 6.16. The van der Waals surface area contributed by atoms with E-state index in [1.807, 2.05) is 6.92 Å². The molecule has 0 bridgehead atoms. The lowest BCUT2D eigenvalue weighted by molar-refractivity contribution is -0.873. The second-order valence-corrected chi connectivity index (χ2v) is 4.11. The molecule has 1 atom stereocenters. The predicted molar refractivity (Wildman–Crippen MR) is 48.7 cm³/mol. The minimum atomic E-state index is -0.185. The van der Waals surface area contributed by atoms with Gasteiger partial charge >= 0.3 is 5.97 Å². The highest BCUT2D eigenvalue weighted by molar-refractivity contribution is 5.66. The van der Waals surface area contributed by atoms with Crippen LogP contribution in [0.2, 0.25) is 0 Å². The van der Waals surface area contributed by atoms with E-state index >= 15 is 0 Å². The molecule has 0 aromatic carbocycles. The van der Waals surface area contributed by atoms with Crippen LogP contribution in [0.1, 0.15) is 20.3 Å². The molecule has 0 heterocycles. The van der Waals surface area contributed by atoms with Crippen LogP contribution in [-0.4, -0.2) is 44.2 Å². The van der Waals surface area contributed by atoms with Gasteiger partial charge in [-0.25, -0.2) is 0 Å². The Hall–Kier alpha value is -0.570. The van der Waals surface area contributed by atoms with Crippen molar-refractivity contribution in [2.24, 2.45) is 0 Å². The van der Waals surface area contributed by atoms with Gasteiger partial charge in [-0.2, -0.15) is 0 Å². The van der Waals surface area contributed by atoms with Crippen molar-refractivity contribution in [2.45, 2.75) is 26.4 Å². The van der Waals surface area contributed by atoms with Crippen molar-refractivity contribution in [3.05, 3.63) is 0 Å². The SMILES string of the molecule is CCC(C[N+](C)(C)C)OC(C)=O. The van der Waals surface area contributed by atoms with E-state index in [2.05, 4.69) is 21.1 Å². The summed E-state index contributed by atoms with van der Waals surface area (Å²) < 4.78 is 5.95. The number of nitrogens with zero attached hydrogens (tertiary/aromatic N) is 1. The maximum absolute atomic E-state index is 10.7. The number of rotatable bonds is 4. The Kier molecular flexibility index (Phi) is 4.24. The van der Waals surface area contributed by atoms with Crippen molar-refractivity contribution < 1.29 is 14.0 Å². The topological polar surface area (TPSA) is 26.3 Å². The van der Waals surface area contributed by atoms with Crippen LogP contribution in [0.4, 0.5) is 0 Å². The zero-order valence-electron chi connectivity index (χ0n) is 8.76. The molecule has 3 nitrogen and oxygen atoms in total. The van der Waals surface area contributed by atoms with E-state index in [4.69, 9.17) is 4.74 Å². The van der Waals surface area contributed by atoms with Gasteiger partial charge in [0.15, 0.2) is 6.10 Å². The predicted octanol–water partition coefficient (Wildman–Crippen LogP) is 1.03. The van der Waals surface area contributed by atoms with E-state index in [0.717, 1.165) is 17.4 Å². The van der Waals surface area contributed by atoms with Gasteiger partial charge in [0.1, 0.15) is 6.54 Å². The molecule has 0 radical (unpaired) electrons. The second kappa shape index (κ2) is 4.45. The van der Waals surface area contributed by atoms with Gasteiger partial charge in [-0.3, -0.25) is 4.79 Å².